The lowest BCUT2D eigenvalue weighted by atomic mass is 10.2. The number of anilines is 2. The Kier molecular flexibility index (Phi) is 7.19. The van der Waals surface area contributed by atoms with Crippen molar-refractivity contribution in [2.24, 2.45) is 0 Å². The zero-order chi connectivity index (χ0) is 19.2. The molecule has 144 valence electrons. The second-order valence-corrected chi connectivity index (χ2v) is 7.90. The molecular formula is C20H24Cl2N4S. The number of thiocarbonyl (C=S) groups is 1. The summed E-state index contributed by atoms with van der Waals surface area (Å²) < 4.78 is 0. The van der Waals surface area contributed by atoms with Gasteiger partial charge in [-0.15, -0.1) is 0 Å². The zero-order valence-corrected chi connectivity index (χ0v) is 17.7. The van der Waals surface area contributed by atoms with Crippen LogP contribution in [0.4, 0.5) is 11.4 Å². The van der Waals surface area contributed by atoms with Crippen LogP contribution in [0.1, 0.15) is 5.56 Å². The van der Waals surface area contributed by atoms with Gasteiger partial charge in [-0.1, -0.05) is 40.9 Å². The van der Waals surface area contributed by atoms with E-state index in [2.05, 4.69) is 39.5 Å². The van der Waals surface area contributed by atoms with Crippen molar-refractivity contribution < 1.29 is 0 Å². The Labute approximate surface area is 176 Å². The Morgan fingerprint density at radius 2 is 1.70 bits per heavy atom. The summed E-state index contributed by atoms with van der Waals surface area (Å²) in [5, 5.41) is 8.36. The number of nitrogens with zero attached hydrogens (tertiary/aromatic N) is 2. The fourth-order valence-corrected chi connectivity index (χ4v) is 3.56. The monoisotopic (exact) mass is 422 g/mol. The van der Waals surface area contributed by atoms with Gasteiger partial charge in [0.1, 0.15) is 0 Å². The van der Waals surface area contributed by atoms with Crippen LogP contribution in [0.2, 0.25) is 10.0 Å². The summed E-state index contributed by atoms with van der Waals surface area (Å²) in [6.45, 7) is 7.84. The number of aryl methyl sites for hydroxylation is 1. The van der Waals surface area contributed by atoms with Gasteiger partial charge < -0.3 is 15.5 Å². The molecule has 1 aliphatic heterocycles. The highest BCUT2D eigenvalue weighted by molar-refractivity contribution is 7.80. The van der Waals surface area contributed by atoms with E-state index < -0.39 is 0 Å². The predicted octanol–water partition coefficient (Wildman–Crippen LogP) is 4.41. The molecule has 2 N–H and O–H groups in total. The molecule has 0 spiro atoms. The van der Waals surface area contributed by atoms with Crippen LogP contribution in [-0.2, 0) is 0 Å². The van der Waals surface area contributed by atoms with Gasteiger partial charge in [-0.25, -0.2) is 0 Å². The number of piperazine rings is 1. The van der Waals surface area contributed by atoms with Crippen molar-refractivity contribution in [2.45, 2.75) is 6.92 Å². The second kappa shape index (κ2) is 9.60. The first-order valence-corrected chi connectivity index (χ1v) is 10.2. The minimum Gasteiger partial charge on any atom is -0.369 e. The summed E-state index contributed by atoms with van der Waals surface area (Å²) in [4.78, 5) is 4.78. The Balaban J connectivity index is 1.37. The molecule has 0 aliphatic carbocycles. The van der Waals surface area contributed by atoms with Gasteiger partial charge in [-0.05, 0) is 49.5 Å². The summed E-state index contributed by atoms with van der Waals surface area (Å²) in [6.07, 6.45) is 0. The molecule has 1 fully saturated rings. The molecule has 0 bridgehead atoms. The van der Waals surface area contributed by atoms with Crippen LogP contribution in [0, 0.1) is 6.92 Å². The van der Waals surface area contributed by atoms with E-state index in [4.69, 9.17) is 35.4 Å². The number of hydrogen-bond acceptors (Lipinski definition) is 3. The van der Waals surface area contributed by atoms with Crippen LogP contribution in [-0.4, -0.2) is 49.3 Å². The van der Waals surface area contributed by atoms with E-state index in [-0.39, 0.29) is 0 Å². The summed E-state index contributed by atoms with van der Waals surface area (Å²) in [6, 6.07) is 14.0. The van der Waals surface area contributed by atoms with E-state index >= 15 is 0 Å². The van der Waals surface area contributed by atoms with E-state index in [0.29, 0.717) is 15.2 Å². The minimum atomic E-state index is 0.598. The molecule has 4 nitrogen and oxygen atoms in total. The molecule has 1 aliphatic rings. The molecule has 0 atom stereocenters. The smallest absolute Gasteiger partial charge is 0.170 e. The average molecular weight is 423 g/mol. The fourth-order valence-electron chi connectivity index (χ4n) is 3.05. The van der Waals surface area contributed by atoms with Crippen LogP contribution in [0.5, 0.6) is 0 Å². The summed E-state index contributed by atoms with van der Waals surface area (Å²) >= 11 is 17.5. The quantitative estimate of drug-likeness (QED) is 0.696. The number of hydrogen-bond donors (Lipinski definition) is 2. The number of rotatable bonds is 5. The van der Waals surface area contributed by atoms with E-state index in [0.717, 1.165) is 50.6 Å². The highest BCUT2D eigenvalue weighted by Crippen LogP contribution is 2.27. The molecule has 1 heterocycles. The first-order valence-electron chi connectivity index (χ1n) is 9.05. The largest absolute Gasteiger partial charge is 0.369 e. The maximum absolute atomic E-state index is 6.13. The van der Waals surface area contributed by atoms with Crippen LogP contribution in [0.25, 0.3) is 0 Å². The van der Waals surface area contributed by atoms with E-state index in [1.54, 1.807) is 0 Å². The van der Waals surface area contributed by atoms with E-state index in [1.807, 2.05) is 30.3 Å². The topological polar surface area (TPSA) is 30.5 Å². The first kappa shape index (κ1) is 20.2. The number of benzene rings is 2. The first-order chi connectivity index (χ1) is 13.0. The summed E-state index contributed by atoms with van der Waals surface area (Å²) in [5.74, 6) is 0. The van der Waals surface area contributed by atoms with Gasteiger partial charge in [-0.2, -0.15) is 0 Å². The molecule has 27 heavy (non-hydrogen) atoms. The van der Waals surface area contributed by atoms with Gasteiger partial charge in [-0.3, -0.25) is 4.90 Å². The maximum atomic E-state index is 6.13. The molecule has 0 unspecified atom stereocenters. The maximum Gasteiger partial charge on any atom is 0.170 e. The van der Waals surface area contributed by atoms with Gasteiger partial charge in [0.25, 0.3) is 0 Å². The van der Waals surface area contributed by atoms with E-state index in [1.165, 1.54) is 5.56 Å². The summed E-state index contributed by atoms with van der Waals surface area (Å²) in [7, 11) is 0. The van der Waals surface area contributed by atoms with Gasteiger partial charge in [0.05, 0.1) is 10.0 Å². The molecule has 0 aromatic heterocycles. The standard InChI is InChI=1S/C20H24Cl2N4S/c1-15-2-4-16(5-3-15)24-20(27)23-8-9-25-10-12-26(13-11-25)17-6-7-18(21)19(22)14-17/h2-7,14H,8-13H2,1H3,(H2,23,24,27). The molecule has 1 saturated heterocycles. The Morgan fingerprint density at radius 1 is 1.00 bits per heavy atom. The molecule has 0 amide bonds. The Hall–Kier alpha value is -1.53. The van der Waals surface area contributed by atoms with Crippen molar-refractivity contribution in [3.63, 3.8) is 0 Å². The van der Waals surface area contributed by atoms with E-state index in [9.17, 15) is 0 Å². The minimum absolute atomic E-state index is 0.598. The molecular weight excluding hydrogens is 399 g/mol. The van der Waals surface area contributed by atoms with Crippen LogP contribution >= 0.6 is 35.4 Å². The third-order valence-electron chi connectivity index (χ3n) is 4.66. The number of nitrogens with one attached hydrogen (secondary N) is 2. The lowest BCUT2D eigenvalue weighted by Gasteiger charge is -2.36. The normalized spacial score (nSPS) is 14.9. The lowest BCUT2D eigenvalue weighted by Crippen LogP contribution is -2.48. The molecule has 0 radical (unpaired) electrons. The van der Waals surface area contributed by atoms with Crippen molar-refractivity contribution in [3.8, 4) is 0 Å². The third kappa shape index (κ3) is 5.98. The van der Waals surface area contributed by atoms with Crippen molar-refractivity contribution in [1.29, 1.82) is 0 Å². The van der Waals surface area contributed by atoms with Gasteiger partial charge in [0, 0.05) is 50.6 Å². The molecule has 2 aromatic carbocycles. The molecule has 0 saturated carbocycles. The van der Waals surface area contributed by atoms with Crippen molar-refractivity contribution in [1.82, 2.24) is 10.2 Å². The molecule has 3 rings (SSSR count). The average Bonchev–Trinajstić information content (AvgIpc) is 2.66. The van der Waals surface area contributed by atoms with Crippen LogP contribution in [0.3, 0.4) is 0 Å². The Morgan fingerprint density at radius 3 is 2.37 bits per heavy atom. The SMILES string of the molecule is Cc1ccc(NC(=S)NCCN2CCN(c3ccc(Cl)c(Cl)c3)CC2)cc1. The third-order valence-corrected chi connectivity index (χ3v) is 5.65. The van der Waals surface area contributed by atoms with Gasteiger partial charge in [0.15, 0.2) is 5.11 Å². The highest BCUT2D eigenvalue weighted by atomic mass is 35.5. The highest BCUT2D eigenvalue weighted by Gasteiger charge is 2.17. The zero-order valence-electron chi connectivity index (χ0n) is 15.3. The van der Waals surface area contributed by atoms with Crippen LogP contribution < -0.4 is 15.5 Å². The van der Waals surface area contributed by atoms with Gasteiger partial charge >= 0.3 is 0 Å². The number of halogens is 2. The molecule has 7 heteroatoms. The summed E-state index contributed by atoms with van der Waals surface area (Å²) in [5.41, 5.74) is 3.37. The fraction of sp³-hybridized carbons (Fsp3) is 0.350. The predicted molar refractivity (Wildman–Crippen MR) is 121 cm³/mol. The van der Waals surface area contributed by atoms with Gasteiger partial charge in [0.2, 0.25) is 0 Å². The van der Waals surface area contributed by atoms with Crippen LogP contribution in [0.15, 0.2) is 42.5 Å². The van der Waals surface area contributed by atoms with Crippen molar-refractivity contribution in [2.75, 3.05) is 49.5 Å². The lowest BCUT2D eigenvalue weighted by molar-refractivity contribution is 0.262. The van der Waals surface area contributed by atoms with Crippen molar-refractivity contribution in [3.05, 3.63) is 58.1 Å². The van der Waals surface area contributed by atoms with Crippen molar-refractivity contribution >= 4 is 51.9 Å². The second-order valence-electron chi connectivity index (χ2n) is 6.67. The Bertz CT molecular complexity index is 774. The molecule has 2 aromatic rings.